The van der Waals surface area contributed by atoms with Gasteiger partial charge >= 0.3 is 0 Å². The molecular formula is C17H16N2O6S2. The highest BCUT2D eigenvalue weighted by Crippen LogP contribution is 2.29. The molecule has 27 heavy (non-hydrogen) atoms. The third-order valence-corrected chi connectivity index (χ3v) is 6.91. The van der Waals surface area contributed by atoms with Gasteiger partial charge in [0.15, 0.2) is 10.5 Å². The second-order valence-electron chi connectivity index (χ2n) is 5.84. The number of nitrogens with zero attached hydrogens (tertiary/aromatic N) is 2. The van der Waals surface area contributed by atoms with Crippen LogP contribution in [0, 0.1) is 11.3 Å². The zero-order valence-electron chi connectivity index (χ0n) is 13.8. The maximum absolute atomic E-state index is 12.6. The van der Waals surface area contributed by atoms with E-state index in [-0.39, 0.29) is 21.4 Å². The topological polar surface area (TPSA) is 141 Å². The van der Waals surface area contributed by atoms with Crippen LogP contribution in [0.5, 0.6) is 5.75 Å². The van der Waals surface area contributed by atoms with Gasteiger partial charge in [-0.25, -0.2) is 13.4 Å². The van der Waals surface area contributed by atoms with Gasteiger partial charge in [-0.1, -0.05) is 0 Å². The number of thioether (sulfide) groups is 1. The van der Waals surface area contributed by atoms with Crippen molar-refractivity contribution < 1.29 is 28.5 Å². The van der Waals surface area contributed by atoms with Gasteiger partial charge in [-0.3, -0.25) is 0 Å². The van der Waals surface area contributed by atoms with Crippen LogP contribution in [0.15, 0.2) is 52.5 Å². The lowest BCUT2D eigenvalue weighted by Crippen LogP contribution is -2.50. The number of rotatable bonds is 4. The number of benzene rings is 1. The summed E-state index contributed by atoms with van der Waals surface area (Å²) >= 11 is 1.13. The van der Waals surface area contributed by atoms with Crippen molar-refractivity contribution in [2.24, 2.45) is 0 Å². The van der Waals surface area contributed by atoms with Crippen molar-refractivity contribution in [3.8, 4) is 11.8 Å². The molecule has 10 heteroatoms. The van der Waals surface area contributed by atoms with Gasteiger partial charge in [0.2, 0.25) is 9.84 Å². The van der Waals surface area contributed by atoms with E-state index in [0.29, 0.717) is 5.56 Å². The van der Waals surface area contributed by atoms with Gasteiger partial charge < -0.3 is 20.1 Å². The highest BCUT2D eigenvalue weighted by Gasteiger charge is 2.38. The molecule has 1 aliphatic heterocycles. The first kappa shape index (κ1) is 19.6. The van der Waals surface area contributed by atoms with Crippen molar-refractivity contribution in [1.82, 2.24) is 4.98 Å². The van der Waals surface area contributed by atoms with E-state index in [2.05, 4.69) is 4.98 Å². The lowest BCUT2D eigenvalue weighted by Gasteiger charge is -2.34. The number of hydrogen-bond donors (Lipinski definition) is 3. The molecule has 0 aliphatic carbocycles. The minimum absolute atomic E-state index is 0.0121. The van der Waals surface area contributed by atoms with Gasteiger partial charge in [0.05, 0.1) is 28.8 Å². The van der Waals surface area contributed by atoms with Crippen LogP contribution < -0.4 is 4.74 Å². The van der Waals surface area contributed by atoms with E-state index in [9.17, 15) is 23.7 Å². The highest BCUT2D eigenvalue weighted by molar-refractivity contribution is 7.99. The molecule has 4 atom stereocenters. The van der Waals surface area contributed by atoms with Gasteiger partial charge in [0.1, 0.15) is 18.0 Å². The average molecular weight is 408 g/mol. The molecule has 142 valence electrons. The molecular weight excluding hydrogens is 392 g/mol. The normalized spacial score (nSPS) is 25.6. The van der Waals surface area contributed by atoms with Crippen LogP contribution in [0.25, 0.3) is 0 Å². The van der Waals surface area contributed by atoms with Crippen molar-refractivity contribution in [3.63, 3.8) is 0 Å². The Morgan fingerprint density at radius 2 is 1.81 bits per heavy atom. The number of nitriles is 1. The fraction of sp³-hybridized carbons (Fsp3) is 0.294. The van der Waals surface area contributed by atoms with Gasteiger partial charge in [0.25, 0.3) is 0 Å². The third-order valence-electron chi connectivity index (χ3n) is 3.98. The minimum Gasteiger partial charge on any atom is -0.475 e. The van der Waals surface area contributed by atoms with E-state index in [4.69, 9.17) is 10.00 Å². The Bertz CT molecular complexity index is 941. The molecule has 0 bridgehead atoms. The predicted molar refractivity (Wildman–Crippen MR) is 95.7 cm³/mol. The van der Waals surface area contributed by atoms with Crippen LogP contribution in [0.4, 0.5) is 0 Å². The first-order chi connectivity index (χ1) is 12.8. The number of aliphatic hydroxyl groups excluding tert-OH is 3. The Morgan fingerprint density at radius 3 is 2.41 bits per heavy atom. The molecule has 0 amide bonds. The van der Waals surface area contributed by atoms with Crippen LogP contribution >= 0.6 is 11.8 Å². The summed E-state index contributed by atoms with van der Waals surface area (Å²) in [5, 5.41) is 37.8. The molecule has 1 saturated heterocycles. The first-order valence-electron chi connectivity index (χ1n) is 7.86. The molecule has 0 saturated carbocycles. The molecule has 0 spiro atoms. The van der Waals surface area contributed by atoms with Crippen molar-refractivity contribution in [2.45, 2.75) is 33.7 Å². The molecule has 3 N–H and O–H groups in total. The van der Waals surface area contributed by atoms with Gasteiger partial charge in [-0.15, -0.1) is 11.8 Å². The van der Waals surface area contributed by atoms with E-state index < -0.39 is 33.6 Å². The van der Waals surface area contributed by atoms with Crippen molar-refractivity contribution in [1.29, 1.82) is 5.26 Å². The van der Waals surface area contributed by atoms with E-state index >= 15 is 0 Å². The number of sulfone groups is 1. The second-order valence-corrected chi connectivity index (χ2v) is 8.87. The summed E-state index contributed by atoms with van der Waals surface area (Å²) in [5.41, 5.74) is -0.465. The smallest absolute Gasteiger partial charge is 0.223 e. The summed E-state index contributed by atoms with van der Waals surface area (Å²) in [6.45, 7) is 0. The summed E-state index contributed by atoms with van der Waals surface area (Å²) in [6.07, 6.45) is -2.44. The Kier molecular flexibility index (Phi) is 5.69. The van der Waals surface area contributed by atoms with E-state index in [1.807, 2.05) is 6.07 Å². The first-order valence-corrected chi connectivity index (χ1v) is 10.4. The number of aliphatic hydroxyl groups is 3. The number of hydrogen-bond acceptors (Lipinski definition) is 9. The fourth-order valence-corrected chi connectivity index (χ4v) is 4.74. The maximum Gasteiger partial charge on any atom is 0.223 e. The monoisotopic (exact) mass is 408 g/mol. The van der Waals surface area contributed by atoms with Gasteiger partial charge in [-0.2, -0.15) is 5.26 Å². The summed E-state index contributed by atoms with van der Waals surface area (Å²) in [5.74, 6) is 0.413. The summed E-state index contributed by atoms with van der Waals surface area (Å²) in [7, 11) is -3.84. The molecule has 0 radical (unpaired) electrons. The fourth-order valence-electron chi connectivity index (χ4n) is 2.44. The van der Waals surface area contributed by atoms with Gasteiger partial charge in [-0.05, 0) is 36.4 Å². The largest absolute Gasteiger partial charge is 0.475 e. The minimum atomic E-state index is -3.84. The summed E-state index contributed by atoms with van der Waals surface area (Å²) in [6, 6.07) is 10.1. The number of aromatic nitrogens is 1. The molecule has 1 fully saturated rings. The lowest BCUT2D eigenvalue weighted by atomic mass is 10.1. The Labute approximate surface area is 160 Å². The van der Waals surface area contributed by atoms with Crippen molar-refractivity contribution in [2.75, 3.05) is 5.75 Å². The number of pyridine rings is 1. The number of ether oxygens (including phenoxy) is 1. The van der Waals surface area contributed by atoms with E-state index in [1.165, 1.54) is 42.6 Å². The zero-order valence-corrected chi connectivity index (χ0v) is 15.5. The molecule has 1 aliphatic rings. The van der Waals surface area contributed by atoms with Crippen LogP contribution in [-0.2, 0) is 9.84 Å². The molecule has 8 nitrogen and oxygen atoms in total. The summed E-state index contributed by atoms with van der Waals surface area (Å²) < 4.78 is 30.7. The van der Waals surface area contributed by atoms with E-state index in [1.54, 1.807) is 0 Å². The Hall–Kier alpha value is -2.16. The zero-order chi connectivity index (χ0) is 19.6. The van der Waals surface area contributed by atoms with Crippen molar-refractivity contribution >= 4 is 21.6 Å². The molecule has 1 aromatic heterocycles. The predicted octanol–water partition coefficient (Wildman–Crippen LogP) is 0.320. The Morgan fingerprint density at radius 1 is 1.11 bits per heavy atom. The third kappa shape index (κ3) is 4.07. The molecule has 2 heterocycles. The van der Waals surface area contributed by atoms with Crippen LogP contribution in [0.1, 0.15) is 5.56 Å². The quantitative estimate of drug-likeness (QED) is 0.652. The summed E-state index contributed by atoms with van der Waals surface area (Å²) in [4.78, 5) is 3.93. The van der Waals surface area contributed by atoms with E-state index in [0.717, 1.165) is 11.8 Å². The average Bonchev–Trinajstić information content (AvgIpc) is 2.69. The molecule has 2 aromatic rings. The van der Waals surface area contributed by atoms with Crippen LogP contribution in [0.2, 0.25) is 0 Å². The maximum atomic E-state index is 12.6. The SMILES string of the molecule is N#Cc1ccc(S(=O)(=O)c2ccc(O[C@@H]3SC[C@@H](O)[C@H](O)[C@H]3O)cn2)cc1. The lowest BCUT2D eigenvalue weighted by molar-refractivity contribution is -0.0786. The molecule has 0 unspecified atom stereocenters. The van der Waals surface area contributed by atoms with Crippen LogP contribution in [0.3, 0.4) is 0 Å². The van der Waals surface area contributed by atoms with Crippen LogP contribution in [-0.4, -0.2) is 58.2 Å². The standard InChI is InChI=1S/C17H16N2O6S2/c18-7-10-1-4-12(5-2-10)27(23,24)14-6-3-11(8-19-14)25-17-16(22)15(21)13(20)9-26-17/h1-6,8,13,15-17,20-22H,9H2/t13-,15+,16-,17-/m1/s1. The molecule has 3 rings (SSSR count). The molecule has 1 aromatic carbocycles. The van der Waals surface area contributed by atoms with Crippen molar-refractivity contribution in [3.05, 3.63) is 48.2 Å². The Balaban J connectivity index is 1.75. The second kappa shape index (κ2) is 7.84. The van der Waals surface area contributed by atoms with Gasteiger partial charge in [0, 0.05) is 5.75 Å². The highest BCUT2D eigenvalue weighted by atomic mass is 32.2.